The molecule has 0 fully saturated rings. The Morgan fingerprint density at radius 1 is 1.48 bits per heavy atom. The molecule has 0 heterocycles. The number of hydrogen-bond acceptors (Lipinski definition) is 5. The number of nitro benzene ring substituents is 1. The first-order chi connectivity index (χ1) is 9.68. The Morgan fingerprint density at radius 2 is 2.10 bits per heavy atom. The fourth-order valence-electron chi connectivity index (χ4n) is 1.70. The molecule has 0 unspecified atom stereocenters. The second-order valence-electron chi connectivity index (χ2n) is 5.34. The van der Waals surface area contributed by atoms with Gasteiger partial charge in [0.05, 0.1) is 23.2 Å². The van der Waals surface area contributed by atoms with Gasteiger partial charge in [0.2, 0.25) is 5.75 Å². The highest BCUT2D eigenvalue weighted by molar-refractivity contribution is 9.10. The molecule has 0 aromatic heterocycles. The number of ether oxygens (including phenoxy) is 2. The van der Waals surface area contributed by atoms with Gasteiger partial charge >= 0.3 is 5.69 Å². The highest BCUT2D eigenvalue weighted by atomic mass is 79.9. The summed E-state index contributed by atoms with van der Waals surface area (Å²) in [6.07, 6.45) is -0.303. The topological polar surface area (TPSA) is 81.8 Å². The van der Waals surface area contributed by atoms with E-state index in [4.69, 9.17) is 9.47 Å². The maximum atomic E-state index is 11.2. The first-order valence-electron chi connectivity index (χ1n) is 6.52. The second-order valence-corrected chi connectivity index (χ2v) is 6.25. The van der Waals surface area contributed by atoms with Gasteiger partial charge in [0.25, 0.3) is 0 Å². The molecule has 7 heteroatoms. The van der Waals surface area contributed by atoms with E-state index in [0.717, 1.165) is 0 Å². The SMILES string of the molecule is COC(C)(C)CCOc1c([C@H](C)O)cc(Br)cc1[N+](=O)[O-]. The van der Waals surface area contributed by atoms with E-state index in [-0.39, 0.29) is 23.6 Å². The van der Waals surface area contributed by atoms with Gasteiger partial charge < -0.3 is 14.6 Å². The van der Waals surface area contributed by atoms with Gasteiger partial charge in [-0.25, -0.2) is 0 Å². The van der Waals surface area contributed by atoms with Crippen LogP contribution in [0.1, 0.15) is 38.9 Å². The first kappa shape index (κ1) is 17.9. The molecule has 0 aliphatic rings. The molecule has 1 rings (SSSR count). The highest BCUT2D eigenvalue weighted by Gasteiger charge is 2.24. The molecule has 6 nitrogen and oxygen atoms in total. The molecule has 0 saturated carbocycles. The minimum atomic E-state index is -0.869. The minimum Gasteiger partial charge on any atom is -0.486 e. The normalized spacial score (nSPS) is 13.0. The van der Waals surface area contributed by atoms with Crippen LogP contribution >= 0.6 is 15.9 Å². The Hall–Kier alpha value is -1.18. The fraction of sp³-hybridized carbons (Fsp3) is 0.571. The predicted octanol–water partition coefficient (Wildman–Crippen LogP) is 3.60. The van der Waals surface area contributed by atoms with Crippen LogP contribution in [-0.4, -0.2) is 29.3 Å². The largest absolute Gasteiger partial charge is 0.486 e. The Kier molecular flexibility index (Phi) is 6.12. The van der Waals surface area contributed by atoms with E-state index in [9.17, 15) is 15.2 Å². The quantitative estimate of drug-likeness (QED) is 0.592. The maximum Gasteiger partial charge on any atom is 0.312 e. The molecule has 0 radical (unpaired) electrons. The summed E-state index contributed by atoms with van der Waals surface area (Å²) >= 11 is 3.20. The number of benzene rings is 1. The molecule has 0 aliphatic carbocycles. The molecule has 0 aliphatic heterocycles. The molecule has 0 spiro atoms. The van der Waals surface area contributed by atoms with Crippen LogP contribution in [0.3, 0.4) is 0 Å². The Bertz CT molecular complexity index is 516. The number of methoxy groups -OCH3 is 1. The number of aliphatic hydroxyl groups is 1. The van der Waals surface area contributed by atoms with Crippen molar-refractivity contribution in [3.63, 3.8) is 0 Å². The summed E-state index contributed by atoms with van der Waals surface area (Å²) < 4.78 is 11.4. The van der Waals surface area contributed by atoms with Crippen LogP contribution in [0.4, 0.5) is 5.69 Å². The molecule has 1 aromatic rings. The summed E-state index contributed by atoms with van der Waals surface area (Å²) in [5, 5.41) is 21.0. The number of aliphatic hydroxyl groups excluding tert-OH is 1. The van der Waals surface area contributed by atoms with Gasteiger partial charge in [-0.3, -0.25) is 10.1 Å². The molecule has 1 aromatic carbocycles. The van der Waals surface area contributed by atoms with E-state index in [0.29, 0.717) is 16.5 Å². The second kappa shape index (κ2) is 7.20. The van der Waals surface area contributed by atoms with Gasteiger partial charge in [0, 0.05) is 29.6 Å². The van der Waals surface area contributed by atoms with Crippen LogP contribution in [0.15, 0.2) is 16.6 Å². The summed E-state index contributed by atoms with van der Waals surface area (Å²) in [7, 11) is 1.60. The van der Waals surface area contributed by atoms with E-state index in [1.807, 2.05) is 13.8 Å². The zero-order chi connectivity index (χ0) is 16.2. The number of nitrogens with zero attached hydrogens (tertiary/aromatic N) is 1. The number of halogens is 1. The van der Waals surface area contributed by atoms with Gasteiger partial charge in [-0.2, -0.15) is 0 Å². The third-order valence-corrected chi connectivity index (χ3v) is 3.67. The van der Waals surface area contributed by atoms with E-state index in [1.165, 1.54) is 13.0 Å². The summed E-state index contributed by atoms with van der Waals surface area (Å²) in [5.74, 6) is 0.102. The Balaban J connectivity index is 3.06. The Labute approximate surface area is 132 Å². The molecule has 1 N–H and O–H groups in total. The molecule has 0 bridgehead atoms. The summed E-state index contributed by atoms with van der Waals surface area (Å²) in [4.78, 5) is 10.6. The zero-order valence-corrected chi connectivity index (χ0v) is 14.1. The lowest BCUT2D eigenvalue weighted by Gasteiger charge is -2.23. The van der Waals surface area contributed by atoms with Crippen molar-refractivity contribution >= 4 is 21.6 Å². The number of rotatable bonds is 7. The lowest BCUT2D eigenvalue weighted by atomic mass is 10.1. The van der Waals surface area contributed by atoms with E-state index in [1.54, 1.807) is 13.2 Å². The van der Waals surface area contributed by atoms with Crippen molar-refractivity contribution in [1.82, 2.24) is 0 Å². The highest BCUT2D eigenvalue weighted by Crippen LogP contribution is 2.38. The molecule has 0 saturated heterocycles. The van der Waals surface area contributed by atoms with E-state index >= 15 is 0 Å². The average Bonchev–Trinajstić information content (AvgIpc) is 2.39. The van der Waals surface area contributed by atoms with Crippen LogP contribution in [0.2, 0.25) is 0 Å². The standard InChI is InChI=1S/C14H20BrNO5/c1-9(17)11-7-10(15)8-12(16(18)19)13(11)21-6-5-14(2,3)20-4/h7-9,17H,5-6H2,1-4H3/t9-/m0/s1. The number of nitro groups is 1. The smallest absolute Gasteiger partial charge is 0.312 e. The van der Waals surface area contributed by atoms with Gasteiger partial charge in [-0.05, 0) is 26.8 Å². The summed E-state index contributed by atoms with van der Waals surface area (Å²) in [6, 6.07) is 2.98. The fourth-order valence-corrected chi connectivity index (χ4v) is 2.17. The maximum absolute atomic E-state index is 11.2. The van der Waals surface area contributed by atoms with Crippen molar-refractivity contribution < 1.29 is 19.5 Å². The average molecular weight is 362 g/mol. The molecular weight excluding hydrogens is 342 g/mol. The van der Waals surface area contributed by atoms with Crippen molar-refractivity contribution in [3.05, 3.63) is 32.3 Å². The zero-order valence-electron chi connectivity index (χ0n) is 12.6. The first-order valence-corrected chi connectivity index (χ1v) is 7.31. The molecular formula is C14H20BrNO5. The van der Waals surface area contributed by atoms with Crippen molar-refractivity contribution in [2.75, 3.05) is 13.7 Å². The van der Waals surface area contributed by atoms with Gasteiger partial charge in [0.1, 0.15) is 0 Å². The van der Waals surface area contributed by atoms with Gasteiger partial charge in [-0.15, -0.1) is 0 Å². The van der Waals surface area contributed by atoms with Crippen molar-refractivity contribution in [1.29, 1.82) is 0 Å². The van der Waals surface area contributed by atoms with Crippen LogP contribution < -0.4 is 4.74 Å². The van der Waals surface area contributed by atoms with Crippen LogP contribution in [0, 0.1) is 10.1 Å². The number of hydrogen-bond donors (Lipinski definition) is 1. The molecule has 21 heavy (non-hydrogen) atoms. The van der Waals surface area contributed by atoms with Crippen molar-refractivity contribution in [3.8, 4) is 5.75 Å². The van der Waals surface area contributed by atoms with E-state index in [2.05, 4.69) is 15.9 Å². The van der Waals surface area contributed by atoms with Crippen LogP contribution in [0.5, 0.6) is 5.75 Å². The van der Waals surface area contributed by atoms with Gasteiger partial charge in [-0.1, -0.05) is 15.9 Å². The monoisotopic (exact) mass is 361 g/mol. The molecule has 0 amide bonds. The van der Waals surface area contributed by atoms with Crippen molar-refractivity contribution in [2.24, 2.45) is 0 Å². The third kappa shape index (κ3) is 4.94. The van der Waals surface area contributed by atoms with Gasteiger partial charge in [0.15, 0.2) is 0 Å². The Morgan fingerprint density at radius 3 is 2.57 bits per heavy atom. The lowest BCUT2D eigenvalue weighted by Crippen LogP contribution is -2.25. The van der Waals surface area contributed by atoms with E-state index < -0.39 is 11.0 Å². The summed E-state index contributed by atoms with van der Waals surface area (Å²) in [5.41, 5.74) is -0.170. The molecule has 1 atom stereocenters. The van der Waals surface area contributed by atoms with Crippen molar-refractivity contribution in [2.45, 2.75) is 38.9 Å². The predicted molar refractivity (Wildman–Crippen MR) is 82.6 cm³/mol. The van der Waals surface area contributed by atoms with Crippen LogP contribution in [0.25, 0.3) is 0 Å². The minimum absolute atomic E-state index is 0.102. The van der Waals surface area contributed by atoms with Crippen LogP contribution in [-0.2, 0) is 4.74 Å². The molecule has 118 valence electrons. The lowest BCUT2D eigenvalue weighted by molar-refractivity contribution is -0.386. The third-order valence-electron chi connectivity index (χ3n) is 3.21. The summed E-state index contributed by atoms with van der Waals surface area (Å²) in [6.45, 7) is 5.60.